The Morgan fingerprint density at radius 1 is 1.04 bits per heavy atom. The van der Waals surface area contributed by atoms with Crippen molar-refractivity contribution in [2.45, 2.75) is 19.5 Å². The van der Waals surface area contributed by atoms with Gasteiger partial charge in [0, 0.05) is 42.0 Å². The van der Waals surface area contributed by atoms with Gasteiger partial charge in [-0.2, -0.15) is 0 Å². The normalized spacial score (nSPS) is 16.7. The largest absolute Gasteiger partial charge is 0.320 e. The van der Waals surface area contributed by atoms with Gasteiger partial charge in [0.2, 0.25) is 0 Å². The van der Waals surface area contributed by atoms with E-state index < -0.39 is 24.2 Å². The third-order valence-electron chi connectivity index (χ3n) is 4.43. The predicted molar refractivity (Wildman–Crippen MR) is 94.9 cm³/mol. The summed E-state index contributed by atoms with van der Waals surface area (Å²) in [4.78, 5) is 10.2. The number of aliphatic imine (C=N–C) groups is 1. The molecule has 0 N–H and O–H groups in total. The zero-order valence-corrected chi connectivity index (χ0v) is 14.2. The van der Waals surface area contributed by atoms with E-state index in [1.165, 1.54) is 12.1 Å². The van der Waals surface area contributed by atoms with Crippen LogP contribution < -0.4 is 4.90 Å². The maximum absolute atomic E-state index is 13.8. The number of hydrogen-bond donors (Lipinski definition) is 0. The van der Waals surface area contributed by atoms with Gasteiger partial charge in [0.25, 0.3) is 6.43 Å². The molecule has 138 valence electrons. The van der Waals surface area contributed by atoms with Gasteiger partial charge in [-0.1, -0.05) is 12.1 Å². The molecule has 8 heteroatoms. The van der Waals surface area contributed by atoms with E-state index >= 15 is 0 Å². The first-order chi connectivity index (χ1) is 13.0. The number of benzene rings is 2. The van der Waals surface area contributed by atoms with Crippen molar-refractivity contribution in [3.63, 3.8) is 0 Å². The van der Waals surface area contributed by atoms with Crippen molar-refractivity contribution in [3.05, 3.63) is 71.8 Å². The molecule has 1 aromatic heterocycles. The van der Waals surface area contributed by atoms with Gasteiger partial charge in [0.15, 0.2) is 11.6 Å². The van der Waals surface area contributed by atoms with Crippen LogP contribution >= 0.6 is 0 Å². The van der Waals surface area contributed by atoms with Crippen molar-refractivity contribution in [3.8, 4) is 0 Å². The maximum atomic E-state index is 13.8. The molecule has 1 aliphatic heterocycles. The molecule has 4 rings (SSSR count). The molecule has 0 saturated carbocycles. The van der Waals surface area contributed by atoms with E-state index in [-0.39, 0.29) is 5.56 Å². The predicted octanol–water partition coefficient (Wildman–Crippen LogP) is 5.12. The second-order valence-electron chi connectivity index (χ2n) is 6.09. The Labute approximate surface area is 152 Å². The molecule has 1 unspecified atom stereocenters. The molecule has 0 spiro atoms. The quantitative estimate of drug-likeness (QED) is 0.596. The summed E-state index contributed by atoms with van der Waals surface area (Å²) in [6.45, 7) is 1.72. The molecule has 2 aromatic carbocycles. The first-order valence-corrected chi connectivity index (χ1v) is 8.15. The van der Waals surface area contributed by atoms with E-state index in [9.17, 15) is 17.6 Å². The Bertz CT molecular complexity index is 1050. The van der Waals surface area contributed by atoms with Gasteiger partial charge in [0.1, 0.15) is 12.0 Å². The summed E-state index contributed by atoms with van der Waals surface area (Å²) in [5.41, 5.74) is 1.30. The van der Waals surface area contributed by atoms with Gasteiger partial charge in [-0.15, -0.1) is 0 Å². The molecular weight excluding hydrogens is 360 g/mol. The van der Waals surface area contributed by atoms with Gasteiger partial charge in [-0.3, -0.25) is 4.99 Å². The summed E-state index contributed by atoms with van der Waals surface area (Å²) in [7, 11) is 0. The molecule has 3 aromatic rings. The number of fused-ring (bicyclic) bond motifs is 1. The first-order valence-electron chi connectivity index (χ1n) is 8.15. The van der Waals surface area contributed by atoms with Crippen molar-refractivity contribution in [1.82, 2.24) is 9.55 Å². The summed E-state index contributed by atoms with van der Waals surface area (Å²) in [5, 5.41) is 0. The summed E-state index contributed by atoms with van der Waals surface area (Å²) >= 11 is 0. The summed E-state index contributed by atoms with van der Waals surface area (Å²) < 4.78 is 54.7. The number of anilines is 1. The molecule has 1 atom stereocenters. The van der Waals surface area contributed by atoms with Gasteiger partial charge in [-0.25, -0.2) is 22.5 Å². The fraction of sp³-hybridized carbons (Fsp3) is 0.158. The van der Waals surface area contributed by atoms with E-state index in [0.717, 1.165) is 12.1 Å². The Morgan fingerprint density at radius 3 is 2.44 bits per heavy atom. The van der Waals surface area contributed by atoms with Crippen molar-refractivity contribution < 1.29 is 17.6 Å². The first kappa shape index (κ1) is 17.3. The van der Waals surface area contributed by atoms with Crippen LogP contribution in [0.15, 0.2) is 53.8 Å². The van der Waals surface area contributed by atoms with Crippen LogP contribution in [0.25, 0.3) is 11.0 Å². The lowest BCUT2D eigenvalue weighted by atomic mass is 10.2. The number of alkyl halides is 2. The van der Waals surface area contributed by atoms with Crippen LogP contribution in [0.2, 0.25) is 0 Å². The lowest BCUT2D eigenvalue weighted by Crippen LogP contribution is -2.31. The van der Waals surface area contributed by atoms with E-state index in [4.69, 9.17) is 0 Å². The van der Waals surface area contributed by atoms with Crippen LogP contribution in [-0.4, -0.2) is 15.8 Å². The minimum Gasteiger partial charge on any atom is -0.320 e. The van der Waals surface area contributed by atoms with E-state index in [1.54, 1.807) is 47.1 Å². The van der Waals surface area contributed by atoms with Gasteiger partial charge < -0.3 is 9.47 Å². The highest BCUT2D eigenvalue weighted by Crippen LogP contribution is 2.31. The van der Waals surface area contributed by atoms with Crippen LogP contribution in [0.1, 0.15) is 24.0 Å². The van der Waals surface area contributed by atoms with Crippen molar-refractivity contribution >= 4 is 22.9 Å². The molecule has 1 aliphatic rings. The monoisotopic (exact) mass is 374 g/mol. The SMILES string of the molecule is Cc1nc2cc(F)c(F)cc2n1C1C=NC=CN1c1ccc(C(F)F)cc1. The topological polar surface area (TPSA) is 33.4 Å². The number of nitrogens with zero attached hydrogens (tertiary/aromatic N) is 4. The van der Waals surface area contributed by atoms with Crippen LogP contribution in [-0.2, 0) is 0 Å². The molecule has 0 aliphatic carbocycles. The fourth-order valence-corrected chi connectivity index (χ4v) is 3.16. The molecule has 0 saturated heterocycles. The Morgan fingerprint density at radius 2 is 1.74 bits per heavy atom. The molecular formula is C19H14F4N4. The minimum atomic E-state index is -2.55. The molecule has 0 fully saturated rings. The molecule has 0 bridgehead atoms. The highest BCUT2D eigenvalue weighted by molar-refractivity contribution is 5.81. The molecule has 0 amide bonds. The fourth-order valence-electron chi connectivity index (χ4n) is 3.16. The second kappa shape index (κ2) is 6.53. The minimum absolute atomic E-state index is 0.0771. The third-order valence-corrected chi connectivity index (χ3v) is 4.43. The van der Waals surface area contributed by atoms with Crippen molar-refractivity contribution in [2.24, 2.45) is 4.99 Å². The zero-order chi connectivity index (χ0) is 19.1. The molecule has 2 heterocycles. The van der Waals surface area contributed by atoms with Crippen LogP contribution in [0.4, 0.5) is 23.2 Å². The summed E-state index contributed by atoms with van der Waals surface area (Å²) in [5.74, 6) is -1.40. The standard InChI is InChI=1S/C19H14F4N4/c1-11-25-16-8-14(20)15(21)9-17(16)27(11)18-10-24-6-7-26(18)13-4-2-12(3-5-13)19(22)23/h2-10,18-19H,1H3. The van der Waals surface area contributed by atoms with Gasteiger partial charge in [0.05, 0.1) is 11.0 Å². The number of hydrogen-bond acceptors (Lipinski definition) is 3. The number of aromatic nitrogens is 2. The maximum Gasteiger partial charge on any atom is 0.263 e. The smallest absolute Gasteiger partial charge is 0.263 e. The van der Waals surface area contributed by atoms with Gasteiger partial charge >= 0.3 is 0 Å². The lowest BCUT2D eigenvalue weighted by molar-refractivity contribution is 0.151. The number of aryl methyl sites for hydroxylation is 1. The number of rotatable bonds is 3. The highest BCUT2D eigenvalue weighted by atomic mass is 19.3. The average Bonchev–Trinajstić information content (AvgIpc) is 2.97. The van der Waals surface area contributed by atoms with Crippen LogP contribution in [0.3, 0.4) is 0 Å². The van der Waals surface area contributed by atoms with E-state index in [2.05, 4.69) is 9.98 Å². The molecule has 4 nitrogen and oxygen atoms in total. The van der Waals surface area contributed by atoms with Crippen molar-refractivity contribution in [1.29, 1.82) is 0 Å². The van der Waals surface area contributed by atoms with Crippen molar-refractivity contribution in [2.75, 3.05) is 4.90 Å². The highest BCUT2D eigenvalue weighted by Gasteiger charge is 2.24. The third kappa shape index (κ3) is 2.97. The average molecular weight is 374 g/mol. The zero-order valence-electron chi connectivity index (χ0n) is 14.2. The van der Waals surface area contributed by atoms with E-state index in [0.29, 0.717) is 22.5 Å². The number of imidazole rings is 1. The Hall–Kier alpha value is -3.16. The second-order valence-corrected chi connectivity index (χ2v) is 6.09. The van der Waals surface area contributed by atoms with Crippen LogP contribution in [0, 0.1) is 18.6 Å². The van der Waals surface area contributed by atoms with Gasteiger partial charge in [-0.05, 0) is 19.1 Å². The van der Waals surface area contributed by atoms with E-state index in [1.807, 2.05) is 0 Å². The molecule has 27 heavy (non-hydrogen) atoms. The summed E-state index contributed by atoms with van der Waals surface area (Å²) in [6, 6.07) is 8.00. The Kier molecular flexibility index (Phi) is 4.18. The van der Waals surface area contributed by atoms with Crippen LogP contribution in [0.5, 0.6) is 0 Å². The number of halogens is 4. The lowest BCUT2D eigenvalue weighted by Gasteiger charge is -2.31. The molecule has 0 radical (unpaired) electrons. The Balaban J connectivity index is 1.81. The summed E-state index contributed by atoms with van der Waals surface area (Å²) in [6.07, 6.45) is 1.81.